The predicted octanol–water partition coefficient (Wildman–Crippen LogP) is 4.38. The van der Waals surface area contributed by atoms with Crippen LogP contribution >= 0.6 is 0 Å². The van der Waals surface area contributed by atoms with Gasteiger partial charge in [-0.3, -0.25) is 13.9 Å². The first-order valence-corrected chi connectivity index (χ1v) is 14.8. The zero-order valence-electron chi connectivity index (χ0n) is 24.4. The SMILES string of the molecule is COc1ccc(N(CC(=O)N/N=C\c2ccc(OCC(=O)Nc3ccc(C)cc3)cc2)S(=O)(=O)c2ccccc2)cc1OC. The zero-order chi connectivity index (χ0) is 31.5. The van der Waals surface area contributed by atoms with Crippen molar-refractivity contribution in [3.8, 4) is 17.2 Å². The molecule has 228 valence electrons. The van der Waals surface area contributed by atoms with Crippen molar-refractivity contribution in [2.45, 2.75) is 11.8 Å². The minimum atomic E-state index is -4.13. The highest BCUT2D eigenvalue weighted by Crippen LogP contribution is 2.33. The largest absolute Gasteiger partial charge is 0.493 e. The first-order chi connectivity index (χ1) is 21.2. The molecule has 0 radical (unpaired) electrons. The van der Waals surface area contributed by atoms with E-state index in [1.807, 2.05) is 31.2 Å². The Bertz CT molecular complexity index is 1710. The first-order valence-electron chi connectivity index (χ1n) is 13.4. The number of nitrogens with zero attached hydrogens (tertiary/aromatic N) is 2. The summed E-state index contributed by atoms with van der Waals surface area (Å²) in [6, 6.07) is 26.5. The van der Waals surface area contributed by atoms with Crippen LogP contribution in [0, 0.1) is 6.92 Å². The highest BCUT2D eigenvalue weighted by molar-refractivity contribution is 7.92. The molecule has 0 fully saturated rings. The molecule has 2 N–H and O–H groups in total. The third-order valence-corrected chi connectivity index (χ3v) is 8.05. The van der Waals surface area contributed by atoms with E-state index in [1.54, 1.807) is 48.5 Å². The molecule has 2 amide bonds. The Kier molecular flexibility index (Phi) is 10.5. The van der Waals surface area contributed by atoms with Gasteiger partial charge in [-0.25, -0.2) is 13.8 Å². The number of aryl methyl sites for hydroxylation is 1. The Hall–Kier alpha value is -5.36. The second-order valence-corrected chi connectivity index (χ2v) is 11.3. The van der Waals surface area contributed by atoms with E-state index in [0.717, 1.165) is 9.87 Å². The molecule has 44 heavy (non-hydrogen) atoms. The first kappa shape index (κ1) is 31.6. The van der Waals surface area contributed by atoms with E-state index in [9.17, 15) is 18.0 Å². The molecule has 11 nitrogen and oxygen atoms in total. The number of carbonyl (C=O) groups excluding carboxylic acids is 2. The molecule has 0 bridgehead atoms. The van der Waals surface area contributed by atoms with Gasteiger partial charge in [0.1, 0.15) is 12.3 Å². The molecular weight excluding hydrogens is 584 g/mol. The number of ether oxygens (including phenoxy) is 3. The lowest BCUT2D eigenvalue weighted by atomic mass is 10.2. The Balaban J connectivity index is 1.38. The standard InChI is InChI=1S/C32H32N4O7S/c1-23-9-13-25(14-10-23)34-32(38)22-43-27-16-11-24(12-17-27)20-33-35-31(37)21-36(44(39,40)28-7-5-4-6-8-28)26-15-18-29(41-2)30(19-26)42-3/h4-20H,21-22H2,1-3H3,(H,34,38)(H,35,37)/b33-20-. The number of hydrogen-bond donors (Lipinski definition) is 2. The van der Waals surface area contributed by atoms with Crippen LogP contribution in [0.2, 0.25) is 0 Å². The van der Waals surface area contributed by atoms with E-state index in [2.05, 4.69) is 15.8 Å². The summed E-state index contributed by atoms with van der Waals surface area (Å²) in [5, 5.41) is 6.73. The van der Waals surface area contributed by atoms with Crippen LogP contribution in [0.4, 0.5) is 11.4 Å². The summed E-state index contributed by atoms with van der Waals surface area (Å²) in [5.74, 6) is 0.218. The van der Waals surface area contributed by atoms with E-state index in [0.29, 0.717) is 28.5 Å². The Labute approximate surface area is 256 Å². The maximum absolute atomic E-state index is 13.5. The highest BCUT2D eigenvalue weighted by Gasteiger charge is 2.28. The monoisotopic (exact) mass is 616 g/mol. The fourth-order valence-electron chi connectivity index (χ4n) is 3.99. The van der Waals surface area contributed by atoms with E-state index in [-0.39, 0.29) is 23.1 Å². The smallest absolute Gasteiger partial charge is 0.264 e. The molecule has 0 saturated heterocycles. The van der Waals surface area contributed by atoms with E-state index in [1.165, 1.54) is 44.7 Å². The number of hydrazone groups is 1. The minimum absolute atomic E-state index is 0.0148. The zero-order valence-corrected chi connectivity index (χ0v) is 25.2. The van der Waals surface area contributed by atoms with E-state index in [4.69, 9.17) is 14.2 Å². The van der Waals surface area contributed by atoms with Crippen LogP contribution in [0.25, 0.3) is 0 Å². The topological polar surface area (TPSA) is 136 Å². The van der Waals surface area contributed by atoms with Gasteiger partial charge in [0.15, 0.2) is 18.1 Å². The maximum atomic E-state index is 13.5. The van der Waals surface area contributed by atoms with Crippen molar-refractivity contribution < 1.29 is 32.2 Å². The van der Waals surface area contributed by atoms with E-state index < -0.39 is 22.5 Å². The summed E-state index contributed by atoms with van der Waals surface area (Å²) in [4.78, 5) is 25.1. The van der Waals surface area contributed by atoms with Gasteiger partial charge in [0.05, 0.1) is 31.0 Å². The quantitative estimate of drug-likeness (QED) is 0.168. The molecule has 0 unspecified atom stereocenters. The lowest BCUT2D eigenvalue weighted by Crippen LogP contribution is -2.39. The highest BCUT2D eigenvalue weighted by atomic mass is 32.2. The molecule has 0 atom stereocenters. The lowest BCUT2D eigenvalue weighted by molar-refractivity contribution is -0.119. The van der Waals surface area contributed by atoms with Crippen molar-refractivity contribution in [3.63, 3.8) is 0 Å². The van der Waals surface area contributed by atoms with E-state index >= 15 is 0 Å². The van der Waals surface area contributed by atoms with Crippen molar-refractivity contribution in [1.82, 2.24) is 5.43 Å². The minimum Gasteiger partial charge on any atom is -0.493 e. The number of sulfonamides is 1. The number of carbonyl (C=O) groups is 2. The number of methoxy groups -OCH3 is 2. The van der Waals surface area contributed by atoms with Gasteiger partial charge in [-0.1, -0.05) is 35.9 Å². The van der Waals surface area contributed by atoms with Gasteiger partial charge in [-0.05, 0) is 73.2 Å². The molecule has 0 aliphatic carbocycles. The third-order valence-electron chi connectivity index (χ3n) is 6.26. The van der Waals surface area contributed by atoms with Crippen molar-refractivity contribution in [3.05, 3.63) is 108 Å². The third kappa shape index (κ3) is 8.35. The van der Waals surface area contributed by atoms with Crippen LogP contribution in [-0.4, -0.2) is 53.8 Å². The normalized spacial score (nSPS) is 11.1. The molecule has 4 aromatic carbocycles. The summed E-state index contributed by atoms with van der Waals surface area (Å²) in [6.07, 6.45) is 1.40. The van der Waals surface area contributed by atoms with Gasteiger partial charge < -0.3 is 19.5 Å². The van der Waals surface area contributed by atoms with Gasteiger partial charge >= 0.3 is 0 Å². The summed E-state index contributed by atoms with van der Waals surface area (Å²) in [6.45, 7) is 1.24. The number of nitrogens with one attached hydrogen (secondary N) is 2. The second-order valence-electron chi connectivity index (χ2n) is 9.43. The van der Waals surface area contributed by atoms with Crippen molar-refractivity contribution in [2.24, 2.45) is 5.10 Å². The lowest BCUT2D eigenvalue weighted by Gasteiger charge is -2.24. The predicted molar refractivity (Wildman–Crippen MR) is 168 cm³/mol. The molecule has 4 rings (SSSR count). The Morgan fingerprint density at radius 1 is 0.841 bits per heavy atom. The van der Waals surface area contributed by atoms with Gasteiger partial charge in [0.25, 0.3) is 21.8 Å². The maximum Gasteiger partial charge on any atom is 0.264 e. The molecule has 12 heteroatoms. The van der Waals surface area contributed by atoms with Crippen molar-refractivity contribution in [1.29, 1.82) is 0 Å². The van der Waals surface area contributed by atoms with Crippen LogP contribution < -0.4 is 29.3 Å². The number of benzene rings is 4. The molecule has 0 heterocycles. The van der Waals surface area contributed by atoms with Crippen LogP contribution in [0.1, 0.15) is 11.1 Å². The molecule has 4 aromatic rings. The van der Waals surface area contributed by atoms with Gasteiger partial charge in [0, 0.05) is 11.8 Å². The fourth-order valence-corrected chi connectivity index (χ4v) is 5.43. The van der Waals surface area contributed by atoms with Crippen LogP contribution in [0.5, 0.6) is 17.2 Å². The van der Waals surface area contributed by atoms with Gasteiger partial charge in [0.2, 0.25) is 0 Å². The van der Waals surface area contributed by atoms with Crippen molar-refractivity contribution in [2.75, 3.05) is 37.0 Å². The van der Waals surface area contributed by atoms with Crippen molar-refractivity contribution >= 4 is 39.4 Å². The van der Waals surface area contributed by atoms with Gasteiger partial charge in [-0.15, -0.1) is 0 Å². The number of hydrogen-bond acceptors (Lipinski definition) is 8. The van der Waals surface area contributed by atoms with Gasteiger partial charge in [-0.2, -0.15) is 5.10 Å². The summed E-state index contributed by atoms with van der Waals surface area (Å²) in [5.41, 5.74) is 4.98. The average Bonchev–Trinajstić information content (AvgIpc) is 3.04. The summed E-state index contributed by atoms with van der Waals surface area (Å²) in [7, 11) is -1.23. The molecule has 0 spiro atoms. The fraction of sp³-hybridized carbons (Fsp3) is 0.156. The average molecular weight is 617 g/mol. The Morgan fingerprint density at radius 2 is 1.52 bits per heavy atom. The second kappa shape index (κ2) is 14.7. The summed E-state index contributed by atoms with van der Waals surface area (Å²) >= 11 is 0. The molecule has 0 aliphatic heterocycles. The molecular formula is C32H32N4O7S. The molecule has 0 saturated carbocycles. The molecule has 0 aliphatic rings. The molecule has 0 aromatic heterocycles. The van der Waals surface area contributed by atoms with Crippen LogP contribution in [0.15, 0.2) is 107 Å². The number of amides is 2. The number of rotatable bonds is 13. The summed E-state index contributed by atoms with van der Waals surface area (Å²) < 4.78 is 44.2. The van der Waals surface area contributed by atoms with Crippen LogP contribution in [0.3, 0.4) is 0 Å². The Morgan fingerprint density at radius 3 is 2.18 bits per heavy atom. The number of anilines is 2. The van der Waals surface area contributed by atoms with Crippen LogP contribution in [-0.2, 0) is 19.6 Å².